The molecule has 1 aliphatic heterocycles. The fourth-order valence-corrected chi connectivity index (χ4v) is 5.17. The average molecular weight is 405 g/mol. The van der Waals surface area contributed by atoms with Gasteiger partial charge in [-0.05, 0) is 61.8 Å². The number of carbonyl (C=O) groups excluding carboxylic acids is 1. The second-order valence-corrected chi connectivity index (χ2v) is 8.83. The van der Waals surface area contributed by atoms with Gasteiger partial charge in [0.1, 0.15) is 11.3 Å². The van der Waals surface area contributed by atoms with Crippen molar-refractivity contribution in [3.05, 3.63) is 58.4 Å². The summed E-state index contributed by atoms with van der Waals surface area (Å²) in [6, 6.07) is 10.6. The number of fused-ring (bicyclic) bond motifs is 4. The molecule has 0 atom stereocenters. The van der Waals surface area contributed by atoms with Crippen LogP contribution in [0.3, 0.4) is 0 Å². The summed E-state index contributed by atoms with van der Waals surface area (Å²) in [6.45, 7) is 2.57. The number of amides is 1. The molecule has 1 aliphatic carbocycles. The number of H-pyrrole nitrogens is 1. The number of aromatic amines is 1. The fourth-order valence-electron chi connectivity index (χ4n) is 5.17. The Morgan fingerprint density at radius 3 is 2.70 bits per heavy atom. The standard InChI is InChI=1S/C24H28N4O2/c1-15-25-20-12-19(23(30)28(2)10-5-11-29)18-8-9-24(27-21(18)22(20)26-15)13-16-6-3-4-7-17(16)14-24/h3-4,6-7,12,27,29H,5,8-11,13-14H2,1-2H3,(H,25,26). The first-order valence-electron chi connectivity index (χ1n) is 10.7. The Hall–Kier alpha value is -2.86. The molecular formula is C24H28N4O2. The van der Waals surface area contributed by atoms with Gasteiger partial charge in [0.25, 0.3) is 5.91 Å². The van der Waals surface area contributed by atoms with Gasteiger partial charge in [-0.25, -0.2) is 4.98 Å². The van der Waals surface area contributed by atoms with Crippen LogP contribution in [0.25, 0.3) is 11.0 Å². The van der Waals surface area contributed by atoms with Gasteiger partial charge in [0.15, 0.2) is 0 Å². The summed E-state index contributed by atoms with van der Waals surface area (Å²) in [6.07, 6.45) is 4.43. The van der Waals surface area contributed by atoms with Crippen LogP contribution in [0, 0.1) is 6.92 Å². The highest BCUT2D eigenvalue weighted by atomic mass is 16.3. The van der Waals surface area contributed by atoms with E-state index in [0.29, 0.717) is 13.0 Å². The molecule has 156 valence electrons. The lowest BCUT2D eigenvalue weighted by atomic mass is 9.82. The molecular weight excluding hydrogens is 376 g/mol. The fraction of sp³-hybridized carbons (Fsp3) is 0.417. The van der Waals surface area contributed by atoms with Crippen LogP contribution in [0.2, 0.25) is 0 Å². The third kappa shape index (κ3) is 3.06. The molecule has 6 nitrogen and oxygen atoms in total. The molecule has 0 unspecified atom stereocenters. The first-order valence-corrected chi connectivity index (χ1v) is 10.7. The van der Waals surface area contributed by atoms with E-state index in [2.05, 4.69) is 34.6 Å². The van der Waals surface area contributed by atoms with E-state index in [1.807, 2.05) is 13.0 Å². The van der Waals surface area contributed by atoms with Crippen molar-refractivity contribution in [2.45, 2.75) is 44.6 Å². The van der Waals surface area contributed by atoms with E-state index in [1.54, 1.807) is 11.9 Å². The molecule has 1 spiro atoms. The summed E-state index contributed by atoms with van der Waals surface area (Å²) < 4.78 is 0. The predicted octanol–water partition coefficient (Wildman–Crippen LogP) is 3.22. The van der Waals surface area contributed by atoms with Crippen LogP contribution >= 0.6 is 0 Å². The maximum absolute atomic E-state index is 13.2. The van der Waals surface area contributed by atoms with Crippen LogP contribution in [-0.4, -0.2) is 51.6 Å². The maximum Gasteiger partial charge on any atom is 0.254 e. The van der Waals surface area contributed by atoms with Gasteiger partial charge in [-0.15, -0.1) is 0 Å². The number of aliphatic hydroxyl groups is 1. The topological polar surface area (TPSA) is 81.2 Å². The van der Waals surface area contributed by atoms with Crippen molar-refractivity contribution >= 4 is 22.6 Å². The van der Waals surface area contributed by atoms with Gasteiger partial charge in [-0.1, -0.05) is 24.3 Å². The summed E-state index contributed by atoms with van der Waals surface area (Å²) >= 11 is 0. The average Bonchev–Trinajstić information content (AvgIpc) is 3.29. The Morgan fingerprint density at radius 2 is 2.00 bits per heavy atom. The zero-order valence-corrected chi connectivity index (χ0v) is 17.6. The first-order chi connectivity index (χ1) is 14.5. The molecule has 2 heterocycles. The molecule has 0 fully saturated rings. The van der Waals surface area contributed by atoms with Crippen LogP contribution in [0.1, 0.15) is 45.7 Å². The second-order valence-electron chi connectivity index (χ2n) is 8.83. The molecule has 2 aromatic carbocycles. The number of imidazole rings is 1. The highest BCUT2D eigenvalue weighted by molar-refractivity contribution is 6.04. The number of anilines is 1. The lowest BCUT2D eigenvalue weighted by Crippen LogP contribution is -2.43. The van der Waals surface area contributed by atoms with Crippen molar-refractivity contribution in [2.75, 3.05) is 25.5 Å². The quantitative estimate of drug-likeness (QED) is 0.624. The van der Waals surface area contributed by atoms with E-state index >= 15 is 0 Å². The number of hydrogen-bond acceptors (Lipinski definition) is 4. The van der Waals surface area contributed by atoms with Crippen molar-refractivity contribution < 1.29 is 9.90 Å². The minimum Gasteiger partial charge on any atom is -0.396 e. The van der Waals surface area contributed by atoms with Crippen LogP contribution < -0.4 is 5.32 Å². The summed E-state index contributed by atoms with van der Waals surface area (Å²) in [7, 11) is 1.80. The van der Waals surface area contributed by atoms with Crippen LogP contribution in [-0.2, 0) is 19.3 Å². The number of aliphatic hydroxyl groups excluding tert-OH is 1. The first kappa shape index (κ1) is 19.1. The summed E-state index contributed by atoms with van der Waals surface area (Å²) in [5.41, 5.74) is 7.45. The number of carbonyl (C=O) groups is 1. The van der Waals surface area contributed by atoms with Crippen LogP contribution in [0.15, 0.2) is 30.3 Å². The molecule has 0 saturated carbocycles. The minimum atomic E-state index is -0.0130. The molecule has 3 N–H and O–H groups in total. The van der Waals surface area contributed by atoms with Crippen molar-refractivity contribution in [1.29, 1.82) is 0 Å². The van der Waals surface area contributed by atoms with Gasteiger partial charge >= 0.3 is 0 Å². The van der Waals surface area contributed by atoms with Crippen molar-refractivity contribution in [3.8, 4) is 0 Å². The molecule has 0 bridgehead atoms. The van der Waals surface area contributed by atoms with Crippen LogP contribution in [0.4, 0.5) is 5.69 Å². The molecule has 30 heavy (non-hydrogen) atoms. The molecule has 5 rings (SSSR count). The molecule has 0 radical (unpaired) electrons. The zero-order valence-electron chi connectivity index (χ0n) is 17.6. The molecule has 2 aliphatic rings. The van der Waals surface area contributed by atoms with Gasteiger partial charge < -0.3 is 20.3 Å². The summed E-state index contributed by atoms with van der Waals surface area (Å²) in [5.74, 6) is 0.850. The van der Waals surface area contributed by atoms with E-state index in [-0.39, 0.29) is 18.1 Å². The van der Waals surface area contributed by atoms with Crippen LogP contribution in [0.5, 0.6) is 0 Å². The van der Waals surface area contributed by atoms with Gasteiger partial charge in [0.05, 0.1) is 11.2 Å². The molecule has 3 aromatic rings. The number of aryl methyl sites for hydroxylation is 1. The zero-order chi connectivity index (χ0) is 20.9. The van der Waals surface area contributed by atoms with E-state index in [4.69, 9.17) is 10.1 Å². The van der Waals surface area contributed by atoms with E-state index < -0.39 is 0 Å². The van der Waals surface area contributed by atoms with Gasteiger partial charge in [-0.3, -0.25) is 4.79 Å². The molecule has 0 saturated heterocycles. The number of hydrogen-bond donors (Lipinski definition) is 3. The summed E-state index contributed by atoms with van der Waals surface area (Å²) in [5, 5.41) is 13.0. The normalized spacial score (nSPS) is 16.4. The van der Waals surface area contributed by atoms with Crippen molar-refractivity contribution in [3.63, 3.8) is 0 Å². The Labute approximate surface area is 176 Å². The second kappa shape index (κ2) is 7.13. The van der Waals surface area contributed by atoms with Crippen molar-refractivity contribution in [1.82, 2.24) is 14.9 Å². The number of rotatable bonds is 4. The number of nitrogens with one attached hydrogen (secondary N) is 2. The highest BCUT2D eigenvalue weighted by Gasteiger charge is 2.41. The number of aromatic nitrogens is 2. The van der Waals surface area contributed by atoms with E-state index in [9.17, 15) is 4.79 Å². The van der Waals surface area contributed by atoms with E-state index in [1.165, 1.54) is 11.1 Å². The van der Waals surface area contributed by atoms with Gasteiger partial charge in [0.2, 0.25) is 0 Å². The lowest BCUT2D eigenvalue weighted by molar-refractivity contribution is 0.0785. The maximum atomic E-state index is 13.2. The van der Waals surface area contributed by atoms with Crippen molar-refractivity contribution in [2.24, 2.45) is 0 Å². The Bertz CT molecular complexity index is 1110. The SMILES string of the molecule is Cc1nc2c3c(c(C(=O)N(C)CCCO)cc2[nH]1)CCC1(Cc2ccccc2C1)N3. The smallest absolute Gasteiger partial charge is 0.254 e. The third-order valence-corrected chi connectivity index (χ3v) is 6.65. The Kier molecular flexibility index (Phi) is 4.54. The largest absolute Gasteiger partial charge is 0.396 e. The number of nitrogens with zero attached hydrogens (tertiary/aromatic N) is 2. The monoisotopic (exact) mass is 404 g/mol. The lowest BCUT2D eigenvalue weighted by Gasteiger charge is -2.38. The molecule has 1 aromatic heterocycles. The Balaban J connectivity index is 1.57. The highest BCUT2D eigenvalue weighted by Crippen LogP contribution is 2.44. The number of benzene rings is 2. The third-order valence-electron chi connectivity index (χ3n) is 6.65. The molecule has 1 amide bonds. The van der Waals surface area contributed by atoms with Gasteiger partial charge in [0, 0.05) is 31.3 Å². The van der Waals surface area contributed by atoms with E-state index in [0.717, 1.165) is 59.4 Å². The molecule has 6 heteroatoms. The predicted molar refractivity (Wildman–Crippen MR) is 118 cm³/mol. The Morgan fingerprint density at radius 1 is 1.27 bits per heavy atom. The summed E-state index contributed by atoms with van der Waals surface area (Å²) in [4.78, 5) is 23.0. The van der Waals surface area contributed by atoms with Gasteiger partial charge in [-0.2, -0.15) is 0 Å². The minimum absolute atomic E-state index is 0.00121.